The Kier molecular flexibility index (Phi) is 1.74. The summed E-state index contributed by atoms with van der Waals surface area (Å²) in [6.45, 7) is 0. The molecular weight excluding hydrogens is 174 g/mol. The van der Waals surface area contributed by atoms with Gasteiger partial charge < -0.3 is 10.8 Å². The number of nitrogens with two attached hydrogens (primary N) is 1. The third kappa shape index (κ3) is 1.28. The van der Waals surface area contributed by atoms with Crippen LogP contribution >= 0.6 is 11.6 Å². The highest BCUT2D eigenvalue weighted by Crippen LogP contribution is 2.43. The van der Waals surface area contributed by atoms with Gasteiger partial charge in [0, 0.05) is 22.5 Å². The van der Waals surface area contributed by atoms with Crippen molar-refractivity contribution in [1.82, 2.24) is 0 Å². The highest BCUT2D eigenvalue weighted by molar-refractivity contribution is 6.30. The van der Waals surface area contributed by atoms with Crippen LogP contribution in [-0.2, 0) is 0 Å². The van der Waals surface area contributed by atoms with Crippen LogP contribution < -0.4 is 5.73 Å². The zero-order valence-electron chi connectivity index (χ0n) is 6.50. The summed E-state index contributed by atoms with van der Waals surface area (Å²) < 4.78 is 0. The first-order valence-electron chi connectivity index (χ1n) is 3.92. The minimum Gasteiger partial charge on any atom is -0.508 e. The van der Waals surface area contributed by atoms with Gasteiger partial charge >= 0.3 is 0 Å². The summed E-state index contributed by atoms with van der Waals surface area (Å²) in [6.07, 6.45) is 0.952. The van der Waals surface area contributed by atoms with E-state index >= 15 is 0 Å². The third-order valence-corrected chi connectivity index (χ3v) is 2.46. The summed E-state index contributed by atoms with van der Waals surface area (Å²) in [7, 11) is 0. The molecule has 0 heterocycles. The normalized spacial score (nSPS) is 27.2. The molecule has 3 heteroatoms. The average molecular weight is 184 g/mol. The second-order valence-corrected chi connectivity index (χ2v) is 3.65. The van der Waals surface area contributed by atoms with Gasteiger partial charge in [0.1, 0.15) is 5.75 Å². The molecule has 2 atom stereocenters. The first kappa shape index (κ1) is 7.90. The molecule has 12 heavy (non-hydrogen) atoms. The Balaban J connectivity index is 2.36. The van der Waals surface area contributed by atoms with Crippen LogP contribution in [0.1, 0.15) is 17.9 Å². The number of benzene rings is 1. The molecule has 2 nitrogen and oxygen atoms in total. The topological polar surface area (TPSA) is 46.2 Å². The quantitative estimate of drug-likeness (QED) is 0.698. The van der Waals surface area contributed by atoms with Crippen molar-refractivity contribution in [3.8, 4) is 5.75 Å². The average Bonchev–Trinajstić information content (AvgIpc) is 2.73. The number of hydrogen-bond donors (Lipinski definition) is 2. The Morgan fingerprint density at radius 2 is 2.17 bits per heavy atom. The second-order valence-electron chi connectivity index (χ2n) is 3.21. The Labute approximate surface area is 76.0 Å². The molecule has 3 N–H and O–H groups in total. The molecule has 2 unspecified atom stereocenters. The fraction of sp³-hybridized carbons (Fsp3) is 0.333. The van der Waals surface area contributed by atoms with Gasteiger partial charge in [-0.1, -0.05) is 11.6 Å². The Bertz CT molecular complexity index is 313. The molecule has 64 valence electrons. The lowest BCUT2D eigenvalue weighted by molar-refractivity contribution is 0.468. The van der Waals surface area contributed by atoms with Crippen LogP contribution in [0.25, 0.3) is 0 Å². The maximum Gasteiger partial charge on any atom is 0.119 e. The van der Waals surface area contributed by atoms with Gasteiger partial charge in [-0.3, -0.25) is 0 Å². The fourth-order valence-electron chi connectivity index (χ4n) is 1.39. The van der Waals surface area contributed by atoms with Gasteiger partial charge in [-0.05, 0) is 24.6 Å². The molecule has 1 aromatic carbocycles. The smallest absolute Gasteiger partial charge is 0.119 e. The SMILES string of the molecule is NC1CC1c1cc(Cl)ccc1O. The monoisotopic (exact) mass is 183 g/mol. The van der Waals surface area contributed by atoms with E-state index in [-0.39, 0.29) is 6.04 Å². The zero-order chi connectivity index (χ0) is 8.72. The van der Waals surface area contributed by atoms with Gasteiger partial charge in [0.05, 0.1) is 0 Å². The lowest BCUT2D eigenvalue weighted by Gasteiger charge is -2.02. The molecular formula is C9H10ClNO. The molecule has 0 radical (unpaired) electrons. The van der Waals surface area contributed by atoms with Crippen LogP contribution in [0.4, 0.5) is 0 Å². The Hall–Kier alpha value is -0.730. The first-order valence-corrected chi connectivity index (χ1v) is 4.30. The molecule has 0 amide bonds. The summed E-state index contributed by atoms with van der Waals surface area (Å²) in [5.41, 5.74) is 6.55. The van der Waals surface area contributed by atoms with E-state index in [0.717, 1.165) is 12.0 Å². The van der Waals surface area contributed by atoms with Crippen molar-refractivity contribution in [3.63, 3.8) is 0 Å². The second kappa shape index (κ2) is 2.64. The number of aromatic hydroxyl groups is 1. The minimum atomic E-state index is 0.203. The van der Waals surface area contributed by atoms with E-state index in [1.54, 1.807) is 18.2 Å². The zero-order valence-corrected chi connectivity index (χ0v) is 7.25. The van der Waals surface area contributed by atoms with Crippen molar-refractivity contribution in [1.29, 1.82) is 0 Å². The first-order chi connectivity index (χ1) is 5.68. The van der Waals surface area contributed by atoms with Gasteiger partial charge in [0.2, 0.25) is 0 Å². The van der Waals surface area contributed by atoms with E-state index in [2.05, 4.69) is 0 Å². The van der Waals surface area contributed by atoms with Crippen LogP contribution in [-0.4, -0.2) is 11.1 Å². The predicted molar refractivity (Wildman–Crippen MR) is 48.5 cm³/mol. The summed E-state index contributed by atoms with van der Waals surface area (Å²) in [6, 6.07) is 5.28. The van der Waals surface area contributed by atoms with Crippen LogP contribution in [0.15, 0.2) is 18.2 Å². The van der Waals surface area contributed by atoms with Gasteiger partial charge in [0.15, 0.2) is 0 Å². The molecule has 1 saturated carbocycles. The number of rotatable bonds is 1. The van der Waals surface area contributed by atoms with Crippen LogP contribution in [0, 0.1) is 0 Å². The Morgan fingerprint density at radius 3 is 2.75 bits per heavy atom. The number of phenols is 1. The maximum atomic E-state index is 9.45. The molecule has 2 rings (SSSR count). The molecule has 1 fully saturated rings. The van der Waals surface area contributed by atoms with Crippen LogP contribution in [0.3, 0.4) is 0 Å². The molecule has 0 aliphatic heterocycles. The van der Waals surface area contributed by atoms with Gasteiger partial charge in [-0.25, -0.2) is 0 Å². The largest absolute Gasteiger partial charge is 0.508 e. The number of halogens is 1. The minimum absolute atomic E-state index is 0.203. The van der Waals surface area contributed by atoms with Crippen molar-refractivity contribution < 1.29 is 5.11 Å². The Morgan fingerprint density at radius 1 is 1.50 bits per heavy atom. The van der Waals surface area contributed by atoms with E-state index < -0.39 is 0 Å². The van der Waals surface area contributed by atoms with Crippen molar-refractivity contribution in [3.05, 3.63) is 28.8 Å². The highest BCUT2D eigenvalue weighted by atomic mass is 35.5. The molecule has 0 aromatic heterocycles. The van der Waals surface area contributed by atoms with E-state index in [9.17, 15) is 5.11 Å². The van der Waals surface area contributed by atoms with Gasteiger partial charge in [0.25, 0.3) is 0 Å². The standard InChI is InChI=1S/C9H10ClNO/c10-5-1-2-9(12)7(3-5)6-4-8(6)11/h1-3,6,8,12H,4,11H2. The summed E-state index contributed by atoms with van der Waals surface area (Å²) in [4.78, 5) is 0. The highest BCUT2D eigenvalue weighted by Gasteiger charge is 2.36. The van der Waals surface area contributed by atoms with Gasteiger partial charge in [-0.15, -0.1) is 0 Å². The third-order valence-electron chi connectivity index (χ3n) is 2.23. The van der Waals surface area contributed by atoms with Gasteiger partial charge in [-0.2, -0.15) is 0 Å². The number of hydrogen-bond acceptors (Lipinski definition) is 2. The van der Waals surface area contributed by atoms with Crippen LogP contribution in [0.2, 0.25) is 5.02 Å². The lowest BCUT2D eigenvalue weighted by Crippen LogP contribution is -2.00. The van der Waals surface area contributed by atoms with Crippen LogP contribution in [0.5, 0.6) is 5.75 Å². The van der Waals surface area contributed by atoms with E-state index in [1.807, 2.05) is 0 Å². The molecule has 1 aromatic rings. The summed E-state index contributed by atoms with van der Waals surface area (Å²) in [5, 5.41) is 10.1. The predicted octanol–water partition coefficient (Wildman–Crippen LogP) is 1.86. The molecule has 0 bridgehead atoms. The lowest BCUT2D eigenvalue weighted by atomic mass is 10.1. The van der Waals surface area contributed by atoms with Crippen molar-refractivity contribution in [2.75, 3.05) is 0 Å². The molecule has 1 aliphatic rings. The van der Waals surface area contributed by atoms with E-state index in [0.29, 0.717) is 16.7 Å². The fourth-order valence-corrected chi connectivity index (χ4v) is 1.58. The summed E-state index contributed by atoms with van der Waals surface area (Å²) >= 11 is 5.78. The maximum absolute atomic E-state index is 9.45. The van der Waals surface area contributed by atoms with Crippen molar-refractivity contribution in [2.45, 2.75) is 18.4 Å². The van der Waals surface area contributed by atoms with E-state index in [1.165, 1.54) is 0 Å². The molecule has 1 aliphatic carbocycles. The number of phenolic OH excluding ortho intramolecular Hbond substituents is 1. The summed E-state index contributed by atoms with van der Waals surface area (Å²) in [5.74, 6) is 0.612. The van der Waals surface area contributed by atoms with E-state index in [4.69, 9.17) is 17.3 Å². The van der Waals surface area contributed by atoms with Crippen molar-refractivity contribution >= 4 is 11.6 Å². The molecule has 0 spiro atoms. The molecule has 0 saturated heterocycles. The van der Waals surface area contributed by atoms with Crippen molar-refractivity contribution in [2.24, 2.45) is 5.73 Å².